The third-order valence-corrected chi connectivity index (χ3v) is 4.48. The van der Waals surface area contributed by atoms with Crippen LogP contribution in [0.3, 0.4) is 0 Å². The van der Waals surface area contributed by atoms with Crippen LogP contribution in [0.2, 0.25) is 0 Å². The van der Waals surface area contributed by atoms with E-state index in [4.69, 9.17) is 0 Å². The molecule has 0 bridgehead atoms. The van der Waals surface area contributed by atoms with Crippen LogP contribution in [0.15, 0.2) is 9.72 Å². The number of nitrogens with zero attached hydrogens (tertiary/aromatic N) is 1. The molecule has 1 N–H and O–H groups in total. The van der Waals surface area contributed by atoms with Crippen LogP contribution in [0.4, 0.5) is 0 Å². The quantitative estimate of drug-likeness (QED) is 0.815. The molecule has 0 saturated heterocycles. The number of aromatic nitrogens is 1. The summed E-state index contributed by atoms with van der Waals surface area (Å²) < 4.78 is 0.881. The predicted octanol–water partition coefficient (Wildman–Crippen LogP) is 2.27. The number of amides is 1. The number of thiazole rings is 1. The van der Waals surface area contributed by atoms with Crippen molar-refractivity contribution >= 4 is 34.8 Å². The molecule has 1 atom stereocenters. The lowest BCUT2D eigenvalue weighted by atomic mass is 10.0. The number of aryl methyl sites for hydroxylation is 1. The zero-order valence-electron chi connectivity index (χ0n) is 11.0. The van der Waals surface area contributed by atoms with E-state index in [9.17, 15) is 9.59 Å². The monoisotopic (exact) mass is 286 g/mol. The summed E-state index contributed by atoms with van der Waals surface area (Å²) in [6.07, 6.45) is 0. The molecule has 0 aromatic carbocycles. The van der Waals surface area contributed by atoms with Crippen molar-refractivity contribution < 1.29 is 9.59 Å². The highest BCUT2D eigenvalue weighted by Gasteiger charge is 2.20. The average molecular weight is 286 g/mol. The molecule has 6 heteroatoms. The first-order valence-corrected chi connectivity index (χ1v) is 7.61. The van der Waals surface area contributed by atoms with Gasteiger partial charge in [0.2, 0.25) is 5.91 Å². The van der Waals surface area contributed by atoms with Crippen LogP contribution in [0, 0.1) is 12.8 Å². The van der Waals surface area contributed by atoms with Crippen LogP contribution in [-0.4, -0.2) is 28.5 Å². The molecule has 4 nitrogen and oxygen atoms in total. The second-order valence-corrected chi connectivity index (χ2v) is 6.52. The molecule has 1 unspecified atom stereocenters. The molecule has 0 saturated carbocycles. The number of hydrogen-bond donors (Lipinski definition) is 1. The summed E-state index contributed by atoms with van der Waals surface area (Å²) in [4.78, 5) is 27.4. The number of Topliss-reactive ketones (excluding diaryl/α,β-unsaturated/α-hetero) is 1. The minimum Gasteiger partial charge on any atom is -0.345 e. The summed E-state index contributed by atoms with van der Waals surface area (Å²) in [5.74, 6) is 0.275. The van der Waals surface area contributed by atoms with Crippen molar-refractivity contribution in [3.63, 3.8) is 0 Å². The fraction of sp³-hybridized carbons (Fsp3) is 0.583. The summed E-state index contributed by atoms with van der Waals surface area (Å²) in [6.45, 7) is 7.26. The van der Waals surface area contributed by atoms with Crippen LogP contribution in [0.5, 0.6) is 0 Å². The predicted molar refractivity (Wildman–Crippen MR) is 75.0 cm³/mol. The highest BCUT2D eigenvalue weighted by molar-refractivity contribution is 8.01. The van der Waals surface area contributed by atoms with Crippen molar-refractivity contribution in [3.05, 3.63) is 11.1 Å². The number of thioether (sulfide) groups is 1. The first kappa shape index (κ1) is 15.2. The molecule has 1 amide bonds. The van der Waals surface area contributed by atoms with Gasteiger partial charge in [0.25, 0.3) is 0 Å². The molecule has 0 aliphatic rings. The van der Waals surface area contributed by atoms with Gasteiger partial charge in [0.05, 0.1) is 11.8 Å². The number of carbonyl (C=O) groups excluding carboxylic acids is 2. The highest BCUT2D eigenvalue weighted by atomic mass is 32.2. The van der Waals surface area contributed by atoms with Gasteiger partial charge in [0.1, 0.15) is 0 Å². The maximum absolute atomic E-state index is 11.7. The zero-order chi connectivity index (χ0) is 13.7. The first-order valence-electron chi connectivity index (χ1n) is 5.75. The standard InChI is InChI=1S/C12H18N2O2S2/c1-7(2)11(9(4)15)14-10(16)6-18-12-13-8(3)5-17-12/h5,7,11H,6H2,1-4H3,(H,14,16). The van der Waals surface area contributed by atoms with Gasteiger partial charge in [-0.3, -0.25) is 9.59 Å². The maximum atomic E-state index is 11.7. The van der Waals surface area contributed by atoms with Crippen LogP contribution >= 0.6 is 23.1 Å². The summed E-state index contributed by atoms with van der Waals surface area (Å²) in [6, 6.07) is -0.392. The van der Waals surface area contributed by atoms with Crippen molar-refractivity contribution in [3.8, 4) is 0 Å². The minimum absolute atomic E-state index is 0.00607. The number of carbonyl (C=O) groups is 2. The topological polar surface area (TPSA) is 59.1 Å². The van der Waals surface area contributed by atoms with Gasteiger partial charge < -0.3 is 5.32 Å². The van der Waals surface area contributed by atoms with E-state index in [1.54, 1.807) is 0 Å². The molecule has 1 aromatic rings. The summed E-state index contributed by atoms with van der Waals surface area (Å²) in [5.41, 5.74) is 0.965. The van der Waals surface area contributed by atoms with E-state index >= 15 is 0 Å². The maximum Gasteiger partial charge on any atom is 0.231 e. The molecule has 100 valence electrons. The van der Waals surface area contributed by atoms with Crippen molar-refractivity contribution in [1.82, 2.24) is 10.3 Å². The molecular formula is C12H18N2O2S2. The van der Waals surface area contributed by atoms with Gasteiger partial charge in [0.15, 0.2) is 10.1 Å². The molecule has 0 aliphatic heterocycles. The molecule has 0 spiro atoms. The SMILES string of the molecule is CC(=O)C(NC(=O)CSc1nc(C)cs1)C(C)C. The Labute approximate surface area is 116 Å². The third kappa shape index (κ3) is 4.78. The van der Waals surface area contributed by atoms with Crippen LogP contribution in [0.1, 0.15) is 26.5 Å². The summed E-state index contributed by atoms with van der Waals surface area (Å²) in [7, 11) is 0. The smallest absolute Gasteiger partial charge is 0.231 e. The van der Waals surface area contributed by atoms with E-state index < -0.39 is 6.04 Å². The second-order valence-electron chi connectivity index (χ2n) is 4.44. The van der Waals surface area contributed by atoms with E-state index in [-0.39, 0.29) is 17.6 Å². The van der Waals surface area contributed by atoms with Crippen molar-refractivity contribution in [1.29, 1.82) is 0 Å². The van der Waals surface area contributed by atoms with E-state index in [2.05, 4.69) is 10.3 Å². The van der Waals surface area contributed by atoms with E-state index in [1.807, 2.05) is 26.2 Å². The lowest BCUT2D eigenvalue weighted by molar-refractivity contribution is -0.126. The normalized spacial score (nSPS) is 12.5. The third-order valence-electron chi connectivity index (χ3n) is 2.35. The van der Waals surface area contributed by atoms with Gasteiger partial charge in [0, 0.05) is 11.1 Å². The first-order chi connectivity index (χ1) is 8.40. The largest absolute Gasteiger partial charge is 0.345 e. The second kappa shape index (κ2) is 6.89. The molecule has 1 aromatic heterocycles. The number of rotatable bonds is 6. The highest BCUT2D eigenvalue weighted by Crippen LogP contribution is 2.21. The summed E-state index contributed by atoms with van der Waals surface area (Å²) in [5, 5.41) is 4.71. The number of ketones is 1. The van der Waals surface area contributed by atoms with Gasteiger partial charge in [-0.25, -0.2) is 4.98 Å². The van der Waals surface area contributed by atoms with Crippen molar-refractivity contribution in [2.45, 2.75) is 38.1 Å². The lowest BCUT2D eigenvalue weighted by Crippen LogP contribution is -2.44. The Morgan fingerprint density at radius 3 is 2.61 bits per heavy atom. The van der Waals surface area contributed by atoms with Crippen LogP contribution in [0.25, 0.3) is 0 Å². The Kier molecular flexibility index (Phi) is 5.81. The Hall–Kier alpha value is -0.880. The van der Waals surface area contributed by atoms with E-state index in [0.717, 1.165) is 10.0 Å². The molecule has 0 radical (unpaired) electrons. The van der Waals surface area contributed by atoms with Gasteiger partial charge in [-0.15, -0.1) is 11.3 Å². The van der Waals surface area contributed by atoms with Crippen LogP contribution in [-0.2, 0) is 9.59 Å². The van der Waals surface area contributed by atoms with E-state index in [0.29, 0.717) is 5.75 Å². The molecule has 18 heavy (non-hydrogen) atoms. The fourth-order valence-corrected chi connectivity index (χ4v) is 3.14. The molecule has 0 aliphatic carbocycles. The van der Waals surface area contributed by atoms with Gasteiger partial charge in [-0.1, -0.05) is 25.6 Å². The molecule has 1 rings (SSSR count). The minimum atomic E-state index is -0.392. The Balaban J connectivity index is 2.43. The Bertz CT molecular complexity index is 429. The molecule has 1 heterocycles. The Morgan fingerprint density at radius 2 is 2.17 bits per heavy atom. The molecular weight excluding hydrogens is 268 g/mol. The van der Waals surface area contributed by atoms with Gasteiger partial charge >= 0.3 is 0 Å². The van der Waals surface area contributed by atoms with Gasteiger partial charge in [-0.2, -0.15) is 0 Å². The average Bonchev–Trinajstić information content (AvgIpc) is 2.68. The Morgan fingerprint density at radius 1 is 1.50 bits per heavy atom. The van der Waals surface area contributed by atoms with Crippen LogP contribution < -0.4 is 5.32 Å². The molecule has 0 fully saturated rings. The lowest BCUT2D eigenvalue weighted by Gasteiger charge is -2.19. The summed E-state index contributed by atoms with van der Waals surface area (Å²) >= 11 is 2.93. The van der Waals surface area contributed by atoms with E-state index in [1.165, 1.54) is 30.0 Å². The number of hydrogen-bond acceptors (Lipinski definition) is 5. The number of nitrogens with one attached hydrogen (secondary N) is 1. The zero-order valence-corrected chi connectivity index (χ0v) is 12.7. The van der Waals surface area contributed by atoms with Crippen molar-refractivity contribution in [2.24, 2.45) is 5.92 Å². The van der Waals surface area contributed by atoms with Gasteiger partial charge in [-0.05, 0) is 19.8 Å². The van der Waals surface area contributed by atoms with Crippen molar-refractivity contribution in [2.75, 3.05) is 5.75 Å². The fourth-order valence-electron chi connectivity index (χ4n) is 1.48.